The fourth-order valence-corrected chi connectivity index (χ4v) is 4.71. The number of fused-ring (bicyclic) bond motifs is 1. The number of benzene rings is 1. The van der Waals surface area contributed by atoms with E-state index in [0.29, 0.717) is 17.2 Å². The molecule has 39 heavy (non-hydrogen) atoms. The second-order valence-corrected chi connectivity index (χ2v) is 9.82. The minimum absolute atomic E-state index is 0.246. The summed E-state index contributed by atoms with van der Waals surface area (Å²) in [4.78, 5) is 37.2. The van der Waals surface area contributed by atoms with Gasteiger partial charge < -0.3 is 20.6 Å². The van der Waals surface area contributed by atoms with Gasteiger partial charge in [-0.2, -0.15) is 5.10 Å². The first-order valence-corrected chi connectivity index (χ1v) is 12.8. The highest BCUT2D eigenvalue weighted by molar-refractivity contribution is 6.00. The number of aromatic nitrogens is 4. The Morgan fingerprint density at radius 1 is 1.15 bits per heavy atom. The second-order valence-electron chi connectivity index (χ2n) is 9.82. The zero-order valence-corrected chi connectivity index (χ0v) is 22.3. The number of rotatable bonds is 8. The minimum Gasteiger partial charge on any atom is -0.394 e. The Bertz CT molecular complexity index is 1550. The molecule has 3 N–H and O–H groups in total. The van der Waals surface area contributed by atoms with Gasteiger partial charge in [-0.15, -0.1) is 0 Å². The van der Waals surface area contributed by atoms with Gasteiger partial charge in [0, 0.05) is 37.0 Å². The van der Waals surface area contributed by atoms with Crippen LogP contribution in [0.1, 0.15) is 45.7 Å². The lowest BCUT2D eigenvalue weighted by Crippen LogP contribution is -2.46. The van der Waals surface area contributed by atoms with Gasteiger partial charge in [-0.1, -0.05) is 35.9 Å². The molecule has 10 nitrogen and oxygen atoms in total. The summed E-state index contributed by atoms with van der Waals surface area (Å²) >= 11 is 0. The van der Waals surface area contributed by atoms with Crippen LogP contribution in [0.3, 0.4) is 0 Å². The largest absolute Gasteiger partial charge is 0.394 e. The molecule has 0 radical (unpaired) electrons. The fraction of sp³-hybridized carbons (Fsp3) is 0.276. The number of aryl methyl sites for hydroxylation is 3. The van der Waals surface area contributed by atoms with Crippen molar-refractivity contribution in [3.05, 3.63) is 88.9 Å². The van der Waals surface area contributed by atoms with Gasteiger partial charge in [-0.3, -0.25) is 14.3 Å². The summed E-state index contributed by atoms with van der Waals surface area (Å²) in [5.41, 5.74) is 5.35. The average Bonchev–Trinajstić information content (AvgIpc) is 3.49. The van der Waals surface area contributed by atoms with E-state index in [2.05, 4.69) is 20.7 Å². The maximum atomic E-state index is 13.4. The number of hydrogen-bond acceptors (Lipinski definition) is 7. The van der Waals surface area contributed by atoms with Gasteiger partial charge in [0.05, 0.1) is 24.5 Å². The van der Waals surface area contributed by atoms with Crippen LogP contribution in [0.2, 0.25) is 0 Å². The van der Waals surface area contributed by atoms with Crippen LogP contribution in [0, 0.1) is 13.8 Å². The number of carbonyl (C=O) groups excluding carboxylic acids is 2. The second kappa shape index (κ2) is 10.7. The van der Waals surface area contributed by atoms with Crippen molar-refractivity contribution in [1.29, 1.82) is 0 Å². The molecule has 0 saturated heterocycles. The summed E-state index contributed by atoms with van der Waals surface area (Å²) in [6, 6.07) is 13.8. The summed E-state index contributed by atoms with van der Waals surface area (Å²) in [7, 11) is 1.84. The van der Waals surface area contributed by atoms with E-state index < -0.39 is 12.1 Å². The summed E-state index contributed by atoms with van der Waals surface area (Å²) in [5, 5.41) is 20.2. The number of aliphatic hydroxyl groups is 1. The van der Waals surface area contributed by atoms with Crippen molar-refractivity contribution < 1.29 is 14.7 Å². The summed E-state index contributed by atoms with van der Waals surface area (Å²) in [5.74, 6) is 0.785. The third-order valence-electron chi connectivity index (χ3n) is 7.03. The smallest absolute Gasteiger partial charge is 0.273 e. The molecule has 1 aliphatic heterocycles. The van der Waals surface area contributed by atoms with Gasteiger partial charge in [-0.05, 0) is 44.0 Å². The van der Waals surface area contributed by atoms with E-state index >= 15 is 0 Å². The molecule has 1 aromatic carbocycles. The van der Waals surface area contributed by atoms with Gasteiger partial charge in [0.25, 0.3) is 5.91 Å². The average molecular weight is 526 g/mol. The summed E-state index contributed by atoms with van der Waals surface area (Å²) < 4.78 is 1.71. The van der Waals surface area contributed by atoms with Crippen molar-refractivity contribution in [2.45, 2.75) is 39.4 Å². The zero-order chi connectivity index (χ0) is 27.7. The number of anilines is 2. The van der Waals surface area contributed by atoms with Gasteiger partial charge in [-0.25, -0.2) is 9.97 Å². The number of nitrogens with one attached hydrogen (secondary N) is 2. The van der Waals surface area contributed by atoms with Crippen LogP contribution in [-0.2, 0) is 18.4 Å². The lowest BCUT2D eigenvalue weighted by atomic mass is 10.0. The highest BCUT2D eigenvalue weighted by Gasteiger charge is 2.36. The molecule has 0 spiro atoms. The van der Waals surface area contributed by atoms with Crippen molar-refractivity contribution in [3.8, 4) is 11.3 Å². The Morgan fingerprint density at radius 2 is 1.97 bits per heavy atom. The van der Waals surface area contributed by atoms with E-state index in [1.807, 2.05) is 69.4 Å². The predicted octanol–water partition coefficient (Wildman–Crippen LogP) is 3.43. The molecule has 4 aromatic rings. The topological polar surface area (TPSA) is 125 Å². The van der Waals surface area contributed by atoms with Crippen molar-refractivity contribution in [2.75, 3.05) is 11.9 Å². The van der Waals surface area contributed by atoms with Gasteiger partial charge in [0.2, 0.25) is 5.91 Å². The Labute approximate surface area is 226 Å². The first-order chi connectivity index (χ1) is 18.7. The highest BCUT2D eigenvalue weighted by Crippen LogP contribution is 2.30. The van der Waals surface area contributed by atoms with Crippen LogP contribution in [-0.4, -0.2) is 54.2 Å². The Kier molecular flexibility index (Phi) is 7.12. The molecule has 2 amide bonds. The Balaban J connectivity index is 1.34. The third-order valence-corrected chi connectivity index (χ3v) is 7.03. The number of hydrogen-bond donors (Lipinski definition) is 3. The molecule has 0 bridgehead atoms. The van der Waals surface area contributed by atoms with E-state index in [0.717, 1.165) is 33.6 Å². The molecule has 0 aliphatic carbocycles. The molecule has 200 valence electrons. The summed E-state index contributed by atoms with van der Waals surface area (Å²) in [6.07, 6.45) is 3.46. The third kappa shape index (κ3) is 5.23. The lowest BCUT2D eigenvalue weighted by molar-refractivity contribution is -0.126. The lowest BCUT2D eigenvalue weighted by Gasteiger charge is -2.26. The monoisotopic (exact) mass is 525 g/mol. The van der Waals surface area contributed by atoms with E-state index in [9.17, 15) is 14.7 Å². The predicted molar refractivity (Wildman–Crippen MR) is 147 cm³/mol. The Morgan fingerprint density at radius 3 is 2.69 bits per heavy atom. The van der Waals surface area contributed by atoms with E-state index in [1.165, 1.54) is 4.90 Å². The number of amides is 2. The molecule has 0 saturated carbocycles. The quantitative estimate of drug-likeness (QED) is 0.322. The molecular formula is C29H31N7O3. The molecule has 0 fully saturated rings. The van der Waals surface area contributed by atoms with Crippen LogP contribution in [0.5, 0.6) is 0 Å². The van der Waals surface area contributed by atoms with Gasteiger partial charge in [0.15, 0.2) is 0 Å². The maximum Gasteiger partial charge on any atom is 0.273 e. The molecule has 4 heterocycles. The standard InChI is InChI=1S/C29H31N7O3/c1-17-6-5-7-20(12-17)24(16-37)33-28(38)19(3)36-15-21-8-9-23(32-27(21)29(36)39)22-13-25(30-14-18(22)2)34-26-10-11-31-35(26)4/h5-14,19,24,37H,15-16H2,1-4H3,(H,30,34)(H,33,38)/t19-,24-/m1/s1. The van der Waals surface area contributed by atoms with Crippen molar-refractivity contribution in [2.24, 2.45) is 7.05 Å². The zero-order valence-electron chi connectivity index (χ0n) is 22.3. The van der Waals surface area contributed by atoms with Crippen LogP contribution >= 0.6 is 0 Å². The van der Waals surface area contributed by atoms with Gasteiger partial charge in [0.1, 0.15) is 23.4 Å². The SMILES string of the molecule is Cc1cccc([C@@H](CO)NC(=O)[C@@H](C)N2Cc3ccc(-c4cc(Nc5ccnn5C)ncc4C)nc3C2=O)c1. The highest BCUT2D eigenvalue weighted by atomic mass is 16.3. The minimum atomic E-state index is -0.744. The van der Waals surface area contributed by atoms with Crippen molar-refractivity contribution in [3.63, 3.8) is 0 Å². The first kappa shape index (κ1) is 26.1. The van der Waals surface area contributed by atoms with Crippen LogP contribution in [0.25, 0.3) is 11.3 Å². The van der Waals surface area contributed by atoms with E-state index in [4.69, 9.17) is 4.98 Å². The molecule has 2 atom stereocenters. The molecule has 1 aliphatic rings. The molecule has 10 heteroatoms. The molecular weight excluding hydrogens is 494 g/mol. The number of nitrogens with zero attached hydrogens (tertiary/aromatic N) is 5. The summed E-state index contributed by atoms with van der Waals surface area (Å²) in [6.45, 7) is 5.62. The van der Waals surface area contributed by atoms with E-state index in [1.54, 1.807) is 24.0 Å². The molecule has 3 aromatic heterocycles. The fourth-order valence-electron chi connectivity index (χ4n) is 4.71. The number of carbonyl (C=O) groups is 2. The van der Waals surface area contributed by atoms with Crippen LogP contribution in [0.15, 0.2) is 60.9 Å². The van der Waals surface area contributed by atoms with E-state index in [-0.39, 0.29) is 25.0 Å². The molecule has 0 unspecified atom stereocenters. The van der Waals surface area contributed by atoms with Gasteiger partial charge >= 0.3 is 0 Å². The normalized spacial score (nSPS) is 14.2. The van der Waals surface area contributed by atoms with Crippen LogP contribution < -0.4 is 10.6 Å². The maximum absolute atomic E-state index is 13.4. The van der Waals surface area contributed by atoms with Crippen molar-refractivity contribution in [1.82, 2.24) is 30.0 Å². The molecule has 5 rings (SSSR count). The first-order valence-electron chi connectivity index (χ1n) is 12.8. The van der Waals surface area contributed by atoms with Crippen molar-refractivity contribution >= 4 is 23.5 Å². The Hall–Kier alpha value is -4.57. The van der Waals surface area contributed by atoms with Crippen LogP contribution in [0.4, 0.5) is 11.6 Å². The number of pyridine rings is 2. The number of aliphatic hydroxyl groups excluding tert-OH is 1.